The zero-order chi connectivity index (χ0) is 20.4. The monoisotopic (exact) mass is 416 g/mol. The molecule has 0 N–H and O–H groups in total. The van der Waals surface area contributed by atoms with Gasteiger partial charge in [-0.15, -0.1) is 0 Å². The van der Waals surface area contributed by atoms with Gasteiger partial charge in [-0.2, -0.15) is 4.98 Å². The second-order valence-electron chi connectivity index (χ2n) is 9.10. The Hall–Kier alpha value is -1.92. The molecule has 2 fully saturated rings. The van der Waals surface area contributed by atoms with E-state index in [1.54, 1.807) is 0 Å². The van der Waals surface area contributed by atoms with Gasteiger partial charge in [-0.25, -0.2) is 0 Å². The predicted octanol–water partition coefficient (Wildman–Crippen LogP) is 4.25. The summed E-state index contributed by atoms with van der Waals surface area (Å²) in [5.41, 5.74) is 1.13. The number of hydrogen-bond donors (Lipinski definition) is 0. The first-order chi connectivity index (χ1) is 13.9. The summed E-state index contributed by atoms with van der Waals surface area (Å²) in [5.74, 6) is 1.68. The van der Waals surface area contributed by atoms with Gasteiger partial charge in [0.15, 0.2) is 0 Å². The molecule has 1 aromatic carbocycles. The second-order valence-corrected chi connectivity index (χ2v) is 9.53. The van der Waals surface area contributed by atoms with E-state index >= 15 is 0 Å². The van der Waals surface area contributed by atoms with Crippen molar-refractivity contribution < 1.29 is 9.32 Å². The van der Waals surface area contributed by atoms with E-state index in [4.69, 9.17) is 16.1 Å². The number of piperidine rings is 2. The Balaban J connectivity index is 1.29. The van der Waals surface area contributed by atoms with E-state index in [2.05, 4.69) is 33.8 Å². The van der Waals surface area contributed by atoms with E-state index in [0.29, 0.717) is 29.2 Å². The molecular weight excluding hydrogens is 388 g/mol. The Morgan fingerprint density at radius 3 is 2.62 bits per heavy atom. The molecule has 2 aliphatic heterocycles. The van der Waals surface area contributed by atoms with Crippen molar-refractivity contribution in [1.29, 1.82) is 0 Å². The lowest BCUT2D eigenvalue weighted by Gasteiger charge is -2.41. The van der Waals surface area contributed by atoms with Crippen LogP contribution in [-0.2, 0) is 11.3 Å². The van der Waals surface area contributed by atoms with E-state index in [9.17, 15) is 4.79 Å². The van der Waals surface area contributed by atoms with Crippen molar-refractivity contribution in [2.24, 2.45) is 11.3 Å². The number of amides is 1. The van der Waals surface area contributed by atoms with Crippen molar-refractivity contribution in [3.05, 3.63) is 35.2 Å². The van der Waals surface area contributed by atoms with Crippen LogP contribution in [0.5, 0.6) is 0 Å². The molecule has 0 bridgehead atoms. The summed E-state index contributed by atoms with van der Waals surface area (Å²) < 4.78 is 5.43. The molecule has 2 aliphatic rings. The topological polar surface area (TPSA) is 62.5 Å². The fourth-order valence-electron chi connectivity index (χ4n) is 4.43. The maximum absolute atomic E-state index is 12.9. The maximum Gasteiger partial charge on any atom is 0.241 e. The highest BCUT2D eigenvalue weighted by Crippen LogP contribution is 2.31. The molecule has 0 spiro atoms. The third kappa shape index (κ3) is 4.98. The summed E-state index contributed by atoms with van der Waals surface area (Å²) in [6.07, 6.45) is 4.12. The summed E-state index contributed by atoms with van der Waals surface area (Å²) in [5, 5.41) is 4.77. The number of rotatable bonds is 4. The molecule has 29 heavy (non-hydrogen) atoms. The van der Waals surface area contributed by atoms with E-state index in [1.807, 2.05) is 24.3 Å². The van der Waals surface area contributed by atoms with Crippen LogP contribution >= 0.6 is 11.6 Å². The number of halogens is 1. The third-order valence-corrected chi connectivity index (χ3v) is 6.33. The Morgan fingerprint density at radius 2 is 1.93 bits per heavy atom. The van der Waals surface area contributed by atoms with Crippen molar-refractivity contribution in [2.75, 3.05) is 26.2 Å². The Labute approximate surface area is 177 Å². The lowest BCUT2D eigenvalue weighted by molar-refractivity contribution is -0.140. The highest BCUT2D eigenvalue weighted by Gasteiger charge is 2.34. The van der Waals surface area contributed by atoms with Crippen LogP contribution in [0.2, 0.25) is 5.02 Å². The largest absolute Gasteiger partial charge is 0.342 e. The number of likely N-dealkylation sites (tertiary alicyclic amines) is 2. The first-order valence-electron chi connectivity index (χ1n) is 10.5. The minimum absolute atomic E-state index is 0.146. The highest BCUT2D eigenvalue weighted by atomic mass is 35.5. The molecule has 0 atom stereocenters. The minimum Gasteiger partial charge on any atom is -0.342 e. The van der Waals surface area contributed by atoms with Crippen molar-refractivity contribution in [2.45, 2.75) is 46.1 Å². The van der Waals surface area contributed by atoms with Gasteiger partial charge in [-0.1, -0.05) is 30.6 Å². The molecule has 0 unspecified atom stereocenters. The van der Waals surface area contributed by atoms with Crippen LogP contribution in [0.4, 0.5) is 0 Å². The van der Waals surface area contributed by atoms with Crippen molar-refractivity contribution >= 4 is 17.5 Å². The molecule has 7 heteroatoms. The van der Waals surface area contributed by atoms with Crippen LogP contribution in [-0.4, -0.2) is 52.0 Å². The van der Waals surface area contributed by atoms with Crippen LogP contribution in [0.25, 0.3) is 11.4 Å². The standard InChI is InChI=1S/C22H29ClN4O2/c1-22(2)10-3-11-27(15-22)21(28)17-8-12-26(13-9-17)14-19-24-20(25-29-19)16-4-6-18(23)7-5-16/h4-7,17H,3,8-15H2,1-2H3. The average molecular weight is 417 g/mol. The Kier molecular flexibility index (Phi) is 5.93. The molecule has 0 aliphatic carbocycles. The fourth-order valence-corrected chi connectivity index (χ4v) is 4.56. The van der Waals surface area contributed by atoms with Crippen molar-refractivity contribution in [3.63, 3.8) is 0 Å². The van der Waals surface area contributed by atoms with Crippen LogP contribution in [0.15, 0.2) is 28.8 Å². The van der Waals surface area contributed by atoms with Gasteiger partial charge in [-0.05, 0) is 68.5 Å². The van der Waals surface area contributed by atoms with Crippen LogP contribution in [0, 0.1) is 11.3 Å². The SMILES string of the molecule is CC1(C)CCCN(C(=O)C2CCN(Cc3nc(-c4ccc(Cl)cc4)no3)CC2)C1. The number of nitrogens with zero attached hydrogens (tertiary/aromatic N) is 4. The van der Waals surface area contributed by atoms with Gasteiger partial charge in [0, 0.05) is 29.6 Å². The summed E-state index contributed by atoms with van der Waals surface area (Å²) >= 11 is 5.93. The lowest BCUT2D eigenvalue weighted by Crippen LogP contribution is -2.48. The molecule has 6 nitrogen and oxygen atoms in total. The van der Waals surface area contributed by atoms with Gasteiger partial charge in [0.2, 0.25) is 17.6 Å². The molecule has 2 saturated heterocycles. The zero-order valence-corrected chi connectivity index (χ0v) is 18.0. The number of hydrogen-bond acceptors (Lipinski definition) is 5. The highest BCUT2D eigenvalue weighted by molar-refractivity contribution is 6.30. The molecular formula is C22H29ClN4O2. The smallest absolute Gasteiger partial charge is 0.241 e. The third-order valence-electron chi connectivity index (χ3n) is 6.08. The van der Waals surface area contributed by atoms with Gasteiger partial charge in [0.05, 0.1) is 6.54 Å². The number of aromatic nitrogens is 2. The molecule has 156 valence electrons. The van der Waals surface area contributed by atoms with Crippen LogP contribution < -0.4 is 0 Å². The fraction of sp³-hybridized carbons (Fsp3) is 0.591. The van der Waals surface area contributed by atoms with Gasteiger partial charge in [0.25, 0.3) is 0 Å². The first kappa shape index (κ1) is 20.4. The molecule has 1 amide bonds. The van der Waals surface area contributed by atoms with Gasteiger partial charge < -0.3 is 9.42 Å². The summed E-state index contributed by atoms with van der Waals surface area (Å²) in [6.45, 7) is 8.71. The van der Waals surface area contributed by atoms with Gasteiger partial charge >= 0.3 is 0 Å². The molecule has 0 radical (unpaired) electrons. The lowest BCUT2D eigenvalue weighted by atomic mass is 9.83. The molecule has 0 saturated carbocycles. The van der Waals surface area contributed by atoms with E-state index < -0.39 is 0 Å². The number of benzene rings is 1. The Morgan fingerprint density at radius 1 is 1.21 bits per heavy atom. The van der Waals surface area contributed by atoms with Gasteiger partial charge in [0.1, 0.15) is 0 Å². The summed E-state index contributed by atoms with van der Waals surface area (Å²) in [4.78, 5) is 21.8. The second kappa shape index (κ2) is 8.44. The van der Waals surface area contributed by atoms with Gasteiger partial charge in [-0.3, -0.25) is 9.69 Å². The quantitative estimate of drug-likeness (QED) is 0.745. The average Bonchev–Trinajstić information content (AvgIpc) is 3.16. The zero-order valence-electron chi connectivity index (χ0n) is 17.2. The normalized spacial score (nSPS) is 20.7. The van der Waals surface area contributed by atoms with E-state index in [1.165, 1.54) is 6.42 Å². The molecule has 4 rings (SSSR count). The summed E-state index contributed by atoms with van der Waals surface area (Å²) in [6, 6.07) is 7.40. The van der Waals surface area contributed by atoms with Crippen LogP contribution in [0.1, 0.15) is 45.4 Å². The van der Waals surface area contributed by atoms with E-state index in [-0.39, 0.29) is 11.3 Å². The molecule has 3 heterocycles. The van der Waals surface area contributed by atoms with Crippen molar-refractivity contribution in [1.82, 2.24) is 19.9 Å². The first-order valence-corrected chi connectivity index (χ1v) is 10.9. The van der Waals surface area contributed by atoms with Crippen molar-refractivity contribution in [3.8, 4) is 11.4 Å². The molecule has 2 aromatic rings. The minimum atomic E-state index is 0.146. The predicted molar refractivity (Wildman–Crippen MR) is 112 cm³/mol. The molecule has 1 aromatic heterocycles. The summed E-state index contributed by atoms with van der Waals surface area (Å²) in [7, 11) is 0. The number of carbonyl (C=O) groups excluding carboxylic acids is 1. The van der Waals surface area contributed by atoms with Crippen LogP contribution in [0.3, 0.4) is 0 Å². The Bertz CT molecular complexity index is 841. The maximum atomic E-state index is 12.9. The number of carbonyl (C=O) groups is 1. The van der Waals surface area contributed by atoms with E-state index in [0.717, 1.165) is 51.0 Å².